The molecule has 2 heteroatoms. The molecule has 0 atom stereocenters. The molecule has 0 unspecified atom stereocenters. The topological polar surface area (TPSA) is 8.17 Å². The fraction of sp³-hybridized carbons (Fsp3) is 0.0566. The molecule has 11 rings (SSSR count). The average Bonchev–Trinajstić information content (AvgIpc) is 3.68. The molecule has 0 spiro atoms. The van der Waals surface area contributed by atoms with E-state index in [1.807, 2.05) is 0 Å². The quantitative estimate of drug-likeness (QED) is 0.162. The Bertz CT molecular complexity index is 3060. The van der Waals surface area contributed by atoms with Gasteiger partial charge < -0.3 is 9.47 Å². The van der Waals surface area contributed by atoms with Gasteiger partial charge in [-0.3, -0.25) is 0 Å². The van der Waals surface area contributed by atoms with Gasteiger partial charge in [0.2, 0.25) is 0 Å². The summed E-state index contributed by atoms with van der Waals surface area (Å²) >= 11 is 0. The summed E-state index contributed by atoms with van der Waals surface area (Å²) in [7, 11) is 0. The monoisotopic (exact) mass is 702 g/mol. The van der Waals surface area contributed by atoms with Gasteiger partial charge in [-0.1, -0.05) is 141 Å². The van der Waals surface area contributed by atoms with Gasteiger partial charge >= 0.3 is 0 Å². The predicted octanol–water partition coefficient (Wildman–Crippen LogP) is 14.5. The first kappa shape index (κ1) is 31.6. The Morgan fingerprint density at radius 1 is 0.382 bits per heavy atom. The molecule has 0 fully saturated rings. The zero-order valence-electron chi connectivity index (χ0n) is 30.9. The minimum Gasteiger partial charge on any atom is -0.311 e. The van der Waals surface area contributed by atoms with E-state index in [4.69, 9.17) is 0 Å². The largest absolute Gasteiger partial charge is 0.311 e. The third kappa shape index (κ3) is 4.81. The molecule has 55 heavy (non-hydrogen) atoms. The van der Waals surface area contributed by atoms with Crippen LogP contribution in [0.25, 0.3) is 71.3 Å². The van der Waals surface area contributed by atoms with Crippen LogP contribution in [0.5, 0.6) is 0 Å². The summed E-state index contributed by atoms with van der Waals surface area (Å²) in [6.07, 6.45) is 0. The van der Waals surface area contributed by atoms with Crippen molar-refractivity contribution in [2.24, 2.45) is 0 Å². The summed E-state index contributed by atoms with van der Waals surface area (Å²) < 4.78 is 2.53. The highest BCUT2D eigenvalue weighted by atomic mass is 15.1. The van der Waals surface area contributed by atoms with Crippen LogP contribution in [-0.2, 0) is 5.41 Å². The number of hydrogen-bond donors (Lipinski definition) is 0. The lowest BCUT2D eigenvalue weighted by molar-refractivity contribution is 0.661. The number of fused-ring (bicyclic) bond motifs is 9. The van der Waals surface area contributed by atoms with Gasteiger partial charge in [-0.15, -0.1) is 0 Å². The number of anilines is 3. The number of benzene rings is 9. The van der Waals surface area contributed by atoms with Crippen LogP contribution < -0.4 is 4.90 Å². The van der Waals surface area contributed by atoms with Crippen LogP contribution in [0.1, 0.15) is 25.0 Å². The molecule has 260 valence electrons. The molecule has 1 aliphatic rings. The SMILES string of the molecule is CC1(C)c2ccccc2-c2cc3c4cc(-c5ccc(N(c6ccccc6)c6ccccc6)cc5)ccc4n(-c4cc5ccccc5c5ccccc45)c3cc21. The van der Waals surface area contributed by atoms with Gasteiger partial charge in [0.25, 0.3) is 0 Å². The minimum absolute atomic E-state index is 0.104. The normalized spacial score (nSPS) is 13.1. The summed E-state index contributed by atoms with van der Waals surface area (Å²) in [6.45, 7) is 4.75. The molecule has 0 saturated carbocycles. The maximum absolute atomic E-state index is 2.53. The minimum atomic E-state index is -0.104. The van der Waals surface area contributed by atoms with Gasteiger partial charge in [0, 0.05) is 38.6 Å². The second-order valence-electron chi connectivity index (χ2n) is 15.4. The van der Waals surface area contributed by atoms with Gasteiger partial charge in [0.15, 0.2) is 0 Å². The molecule has 0 saturated heterocycles. The maximum Gasteiger partial charge on any atom is 0.0546 e. The van der Waals surface area contributed by atoms with E-state index in [0.29, 0.717) is 0 Å². The van der Waals surface area contributed by atoms with Crippen LogP contribution in [-0.4, -0.2) is 4.57 Å². The molecule has 0 amide bonds. The molecule has 1 heterocycles. The Labute approximate surface area is 321 Å². The first-order valence-corrected chi connectivity index (χ1v) is 19.2. The molecule has 1 aromatic heterocycles. The van der Waals surface area contributed by atoms with Crippen molar-refractivity contribution >= 4 is 60.4 Å². The summed E-state index contributed by atoms with van der Waals surface area (Å²) in [5, 5.41) is 7.59. The van der Waals surface area contributed by atoms with Crippen molar-refractivity contribution in [2.75, 3.05) is 4.90 Å². The standard InChI is InChI=1S/C53H38N2/c1-53(2)48-24-14-13-22-43(48)45-33-47-46-31-36(35-25-28-40(29-26-35)54(38-16-5-3-6-17-38)39-18-7-4-8-19-39)27-30-50(46)55(52(47)34-49(45)53)51-32-37-15-9-10-20-41(37)42-21-11-12-23-44(42)51/h3-34H,1-2H3. The molecule has 0 N–H and O–H groups in total. The van der Waals surface area contributed by atoms with E-state index in [-0.39, 0.29) is 5.41 Å². The Hall–Kier alpha value is -6.90. The summed E-state index contributed by atoms with van der Waals surface area (Å²) in [4.78, 5) is 2.31. The molecule has 9 aromatic carbocycles. The molecule has 0 radical (unpaired) electrons. The third-order valence-electron chi connectivity index (χ3n) is 11.9. The van der Waals surface area contributed by atoms with Crippen LogP contribution in [0.2, 0.25) is 0 Å². The van der Waals surface area contributed by atoms with Crippen molar-refractivity contribution in [2.45, 2.75) is 19.3 Å². The van der Waals surface area contributed by atoms with Crippen molar-refractivity contribution in [3.8, 4) is 27.9 Å². The molecule has 0 bridgehead atoms. The molecule has 10 aromatic rings. The van der Waals surface area contributed by atoms with Gasteiger partial charge in [-0.05, 0) is 116 Å². The Morgan fingerprint density at radius 2 is 0.964 bits per heavy atom. The lowest BCUT2D eigenvalue weighted by Crippen LogP contribution is -2.15. The van der Waals surface area contributed by atoms with Crippen LogP contribution in [0, 0.1) is 0 Å². The maximum atomic E-state index is 2.53. The van der Waals surface area contributed by atoms with Gasteiger partial charge in [0.1, 0.15) is 0 Å². The second kappa shape index (κ2) is 12.1. The molecular weight excluding hydrogens is 665 g/mol. The number of para-hydroxylation sites is 2. The van der Waals surface area contributed by atoms with Crippen molar-refractivity contribution < 1.29 is 0 Å². The number of hydrogen-bond acceptors (Lipinski definition) is 1. The van der Waals surface area contributed by atoms with Crippen molar-refractivity contribution in [1.82, 2.24) is 4.57 Å². The molecule has 1 aliphatic carbocycles. The smallest absolute Gasteiger partial charge is 0.0546 e. The Morgan fingerprint density at radius 3 is 1.71 bits per heavy atom. The summed E-state index contributed by atoms with van der Waals surface area (Å²) in [5.41, 5.74) is 14.8. The Kier molecular flexibility index (Phi) is 6.93. The zero-order valence-corrected chi connectivity index (χ0v) is 30.9. The first-order chi connectivity index (χ1) is 27.0. The van der Waals surface area contributed by atoms with Gasteiger partial charge in [-0.25, -0.2) is 0 Å². The van der Waals surface area contributed by atoms with Crippen molar-refractivity contribution in [1.29, 1.82) is 0 Å². The zero-order chi connectivity index (χ0) is 36.7. The van der Waals surface area contributed by atoms with E-state index in [1.165, 1.54) is 82.4 Å². The Balaban J connectivity index is 1.14. The van der Waals surface area contributed by atoms with Crippen molar-refractivity contribution in [3.05, 3.63) is 205 Å². The predicted molar refractivity (Wildman–Crippen MR) is 233 cm³/mol. The fourth-order valence-electron chi connectivity index (χ4n) is 9.28. The third-order valence-corrected chi connectivity index (χ3v) is 11.9. The van der Waals surface area contributed by atoms with Crippen LogP contribution in [0.4, 0.5) is 17.1 Å². The van der Waals surface area contributed by atoms with Gasteiger partial charge in [0.05, 0.1) is 16.7 Å². The highest BCUT2D eigenvalue weighted by Gasteiger charge is 2.36. The van der Waals surface area contributed by atoms with E-state index >= 15 is 0 Å². The summed E-state index contributed by atoms with van der Waals surface area (Å²) in [6, 6.07) is 71.3. The highest BCUT2D eigenvalue weighted by molar-refractivity contribution is 6.16. The average molecular weight is 703 g/mol. The fourth-order valence-corrected chi connectivity index (χ4v) is 9.28. The lowest BCUT2D eigenvalue weighted by atomic mass is 9.82. The molecule has 2 nitrogen and oxygen atoms in total. The first-order valence-electron chi connectivity index (χ1n) is 19.2. The van der Waals surface area contributed by atoms with Crippen LogP contribution in [0.3, 0.4) is 0 Å². The van der Waals surface area contributed by atoms with Gasteiger partial charge in [-0.2, -0.15) is 0 Å². The highest BCUT2D eigenvalue weighted by Crippen LogP contribution is 2.51. The second-order valence-corrected chi connectivity index (χ2v) is 15.4. The van der Waals surface area contributed by atoms with Crippen LogP contribution in [0.15, 0.2) is 194 Å². The van der Waals surface area contributed by atoms with Crippen LogP contribution >= 0.6 is 0 Å². The van der Waals surface area contributed by atoms with E-state index < -0.39 is 0 Å². The number of rotatable bonds is 5. The van der Waals surface area contributed by atoms with E-state index in [0.717, 1.165) is 17.1 Å². The number of aromatic nitrogens is 1. The van der Waals surface area contributed by atoms with E-state index in [1.54, 1.807) is 0 Å². The number of nitrogens with zero attached hydrogens (tertiary/aromatic N) is 2. The lowest BCUT2D eigenvalue weighted by Gasteiger charge is -2.25. The van der Waals surface area contributed by atoms with E-state index in [2.05, 4.69) is 217 Å². The van der Waals surface area contributed by atoms with Crippen molar-refractivity contribution in [3.63, 3.8) is 0 Å². The molecular formula is C53H38N2. The van der Waals surface area contributed by atoms with E-state index in [9.17, 15) is 0 Å². The summed E-state index contributed by atoms with van der Waals surface area (Å²) in [5.74, 6) is 0. The molecule has 0 aliphatic heterocycles.